The molecule has 0 unspecified atom stereocenters. The van der Waals surface area contributed by atoms with E-state index >= 15 is 0 Å². The topological polar surface area (TPSA) is 44.8 Å². The van der Waals surface area contributed by atoms with Gasteiger partial charge in [-0.25, -0.2) is 0 Å². The summed E-state index contributed by atoms with van der Waals surface area (Å²) >= 11 is 0. The van der Waals surface area contributed by atoms with Gasteiger partial charge >= 0.3 is 5.97 Å². The summed E-state index contributed by atoms with van der Waals surface area (Å²) in [6.07, 6.45) is 1.07. The average Bonchev–Trinajstić information content (AvgIpc) is 3.07. The van der Waals surface area contributed by atoms with E-state index in [2.05, 4.69) is 12.1 Å². The van der Waals surface area contributed by atoms with Crippen LogP contribution in [0.2, 0.25) is 0 Å². The maximum atomic E-state index is 12.4. The lowest BCUT2D eigenvalue weighted by Crippen LogP contribution is -2.28. The Kier molecular flexibility index (Phi) is 5.71. The van der Waals surface area contributed by atoms with Gasteiger partial charge in [0.25, 0.3) is 0 Å². The van der Waals surface area contributed by atoms with Crippen LogP contribution in [0.25, 0.3) is 0 Å². The lowest BCUT2D eigenvalue weighted by atomic mass is 9.93. The maximum absolute atomic E-state index is 12.4. The molecule has 0 amide bonds. The molecule has 1 fully saturated rings. The Morgan fingerprint density at radius 1 is 1.12 bits per heavy atom. The SMILES string of the molecule is CCOC(=O)[C@H]1C[C@H](c2ccc(OC)cc2)O[C@@H]1Cc1ccccc1. The molecule has 0 saturated carbocycles. The third-order valence-corrected chi connectivity index (χ3v) is 4.61. The van der Waals surface area contributed by atoms with Crippen LogP contribution in [0.1, 0.15) is 30.6 Å². The number of hydrogen-bond donors (Lipinski definition) is 0. The second-order valence-electron chi connectivity index (χ2n) is 6.22. The third kappa shape index (κ3) is 4.20. The summed E-state index contributed by atoms with van der Waals surface area (Å²) in [5.41, 5.74) is 2.22. The van der Waals surface area contributed by atoms with Crippen molar-refractivity contribution >= 4 is 5.97 Å². The molecular formula is C21H24O4. The first-order chi connectivity index (χ1) is 12.2. The highest BCUT2D eigenvalue weighted by Gasteiger charge is 2.41. The number of methoxy groups -OCH3 is 1. The number of hydrogen-bond acceptors (Lipinski definition) is 4. The van der Waals surface area contributed by atoms with E-state index in [4.69, 9.17) is 14.2 Å². The van der Waals surface area contributed by atoms with Gasteiger partial charge in [-0.1, -0.05) is 42.5 Å². The Morgan fingerprint density at radius 2 is 1.84 bits per heavy atom. The summed E-state index contributed by atoms with van der Waals surface area (Å²) in [7, 11) is 1.65. The van der Waals surface area contributed by atoms with Gasteiger partial charge in [0.15, 0.2) is 0 Å². The summed E-state index contributed by atoms with van der Waals surface area (Å²) in [5, 5.41) is 0. The Morgan fingerprint density at radius 3 is 2.48 bits per heavy atom. The van der Waals surface area contributed by atoms with Crippen molar-refractivity contribution in [2.45, 2.75) is 32.0 Å². The molecule has 2 aromatic rings. The molecule has 0 radical (unpaired) electrons. The van der Waals surface area contributed by atoms with Crippen LogP contribution in [0.15, 0.2) is 54.6 Å². The van der Waals surface area contributed by atoms with Crippen LogP contribution in [-0.4, -0.2) is 25.8 Å². The van der Waals surface area contributed by atoms with E-state index in [-0.39, 0.29) is 24.1 Å². The molecular weight excluding hydrogens is 316 g/mol. The van der Waals surface area contributed by atoms with Crippen molar-refractivity contribution in [1.82, 2.24) is 0 Å². The molecule has 4 heteroatoms. The van der Waals surface area contributed by atoms with Crippen LogP contribution >= 0.6 is 0 Å². The summed E-state index contributed by atoms with van der Waals surface area (Å²) in [5.74, 6) is 0.399. The van der Waals surface area contributed by atoms with Crippen molar-refractivity contribution in [2.75, 3.05) is 13.7 Å². The molecule has 4 nitrogen and oxygen atoms in total. The van der Waals surface area contributed by atoms with Gasteiger partial charge in [-0.2, -0.15) is 0 Å². The highest BCUT2D eigenvalue weighted by atomic mass is 16.5. The number of rotatable bonds is 6. The van der Waals surface area contributed by atoms with Crippen LogP contribution in [0.4, 0.5) is 0 Å². The van der Waals surface area contributed by atoms with Crippen LogP contribution < -0.4 is 4.74 Å². The summed E-state index contributed by atoms with van der Waals surface area (Å²) < 4.78 is 16.7. The number of carbonyl (C=O) groups excluding carboxylic acids is 1. The van der Waals surface area contributed by atoms with Gasteiger partial charge in [0.1, 0.15) is 5.75 Å². The smallest absolute Gasteiger partial charge is 0.311 e. The fraction of sp³-hybridized carbons (Fsp3) is 0.381. The fourth-order valence-electron chi connectivity index (χ4n) is 3.31. The van der Waals surface area contributed by atoms with Crippen molar-refractivity contribution in [3.63, 3.8) is 0 Å². The predicted molar refractivity (Wildman–Crippen MR) is 95.5 cm³/mol. The molecule has 25 heavy (non-hydrogen) atoms. The minimum atomic E-state index is -0.243. The predicted octanol–water partition coefficient (Wildman–Crippen LogP) is 3.95. The van der Waals surface area contributed by atoms with E-state index < -0.39 is 0 Å². The van der Waals surface area contributed by atoms with E-state index in [0.717, 1.165) is 16.9 Å². The largest absolute Gasteiger partial charge is 0.497 e. The lowest BCUT2D eigenvalue weighted by molar-refractivity contribution is -0.149. The van der Waals surface area contributed by atoms with Crippen LogP contribution in [0.3, 0.4) is 0 Å². The van der Waals surface area contributed by atoms with Crippen molar-refractivity contribution in [3.05, 3.63) is 65.7 Å². The molecule has 3 atom stereocenters. The molecule has 0 aromatic heterocycles. The normalized spacial score (nSPS) is 22.6. The Labute approximate surface area is 148 Å². The Hall–Kier alpha value is -2.33. The van der Waals surface area contributed by atoms with E-state index in [9.17, 15) is 4.79 Å². The summed E-state index contributed by atoms with van der Waals surface area (Å²) in [4.78, 5) is 12.4. The number of ether oxygens (including phenoxy) is 3. The van der Waals surface area contributed by atoms with Gasteiger partial charge in [-0.15, -0.1) is 0 Å². The zero-order chi connectivity index (χ0) is 17.6. The van der Waals surface area contributed by atoms with E-state index in [1.165, 1.54) is 0 Å². The van der Waals surface area contributed by atoms with Gasteiger partial charge < -0.3 is 14.2 Å². The van der Waals surface area contributed by atoms with E-state index in [0.29, 0.717) is 19.4 Å². The molecule has 3 rings (SSSR count). The first-order valence-electron chi connectivity index (χ1n) is 8.71. The lowest BCUT2D eigenvalue weighted by Gasteiger charge is -2.17. The number of esters is 1. The maximum Gasteiger partial charge on any atom is 0.311 e. The van der Waals surface area contributed by atoms with Crippen molar-refractivity contribution in [3.8, 4) is 5.75 Å². The van der Waals surface area contributed by atoms with Gasteiger partial charge in [0, 0.05) is 0 Å². The standard InChI is InChI=1S/C21H24O4/c1-3-24-21(22)18-14-19(16-9-11-17(23-2)12-10-16)25-20(18)13-15-7-5-4-6-8-15/h4-12,18-20H,3,13-14H2,1-2H3/t18-,19+,20+/m0/s1. The monoisotopic (exact) mass is 340 g/mol. The molecule has 2 aromatic carbocycles. The molecule has 1 heterocycles. The molecule has 0 N–H and O–H groups in total. The quantitative estimate of drug-likeness (QED) is 0.747. The molecule has 1 aliphatic rings. The Bertz CT molecular complexity index is 681. The zero-order valence-corrected chi connectivity index (χ0v) is 14.7. The summed E-state index contributed by atoms with van der Waals surface area (Å²) in [6.45, 7) is 2.22. The number of benzene rings is 2. The number of carbonyl (C=O) groups is 1. The minimum absolute atomic E-state index is 0.103. The summed E-state index contributed by atoms with van der Waals surface area (Å²) in [6, 6.07) is 18.0. The molecule has 0 aliphatic carbocycles. The van der Waals surface area contributed by atoms with Crippen molar-refractivity contribution in [2.24, 2.45) is 5.92 Å². The molecule has 1 saturated heterocycles. The molecule has 0 bridgehead atoms. The third-order valence-electron chi connectivity index (χ3n) is 4.61. The van der Waals surface area contributed by atoms with Crippen LogP contribution in [-0.2, 0) is 20.7 Å². The second kappa shape index (κ2) is 8.17. The molecule has 132 valence electrons. The molecule has 0 spiro atoms. The van der Waals surface area contributed by atoms with Gasteiger partial charge in [-0.3, -0.25) is 4.79 Å². The second-order valence-corrected chi connectivity index (χ2v) is 6.22. The van der Waals surface area contributed by atoms with Gasteiger partial charge in [-0.05, 0) is 43.0 Å². The van der Waals surface area contributed by atoms with Gasteiger partial charge in [0.05, 0.1) is 31.8 Å². The van der Waals surface area contributed by atoms with E-state index in [1.54, 1.807) is 7.11 Å². The molecule has 1 aliphatic heterocycles. The first kappa shape index (κ1) is 17.5. The fourth-order valence-corrected chi connectivity index (χ4v) is 3.31. The average molecular weight is 340 g/mol. The highest BCUT2D eigenvalue weighted by molar-refractivity contribution is 5.73. The zero-order valence-electron chi connectivity index (χ0n) is 14.7. The van der Waals surface area contributed by atoms with Gasteiger partial charge in [0.2, 0.25) is 0 Å². The minimum Gasteiger partial charge on any atom is -0.497 e. The first-order valence-corrected chi connectivity index (χ1v) is 8.71. The highest BCUT2D eigenvalue weighted by Crippen LogP contribution is 2.39. The Balaban J connectivity index is 1.77. The van der Waals surface area contributed by atoms with Crippen molar-refractivity contribution in [1.29, 1.82) is 0 Å². The van der Waals surface area contributed by atoms with E-state index in [1.807, 2.05) is 49.4 Å². The van der Waals surface area contributed by atoms with Crippen LogP contribution in [0, 0.1) is 5.92 Å². The van der Waals surface area contributed by atoms with Crippen molar-refractivity contribution < 1.29 is 19.0 Å². The van der Waals surface area contributed by atoms with Crippen LogP contribution in [0.5, 0.6) is 5.75 Å².